The third-order valence-corrected chi connectivity index (χ3v) is 3.31. The van der Waals surface area contributed by atoms with E-state index in [1.54, 1.807) is 0 Å². The van der Waals surface area contributed by atoms with Crippen LogP contribution in [0.25, 0.3) is 0 Å². The van der Waals surface area contributed by atoms with Crippen LogP contribution in [0.3, 0.4) is 0 Å². The fraction of sp³-hybridized carbons (Fsp3) is 0.500. The fourth-order valence-electron chi connectivity index (χ4n) is 2.13. The molecule has 1 saturated heterocycles. The second-order valence-electron chi connectivity index (χ2n) is 4.73. The quantitative estimate of drug-likeness (QED) is 0.815. The SMILES string of the molecule is Cc1ccccc1CNC(=O)CN1CCNCC1. The summed E-state index contributed by atoms with van der Waals surface area (Å²) >= 11 is 0. The van der Waals surface area contributed by atoms with Crippen LogP contribution in [0.1, 0.15) is 11.1 Å². The lowest BCUT2D eigenvalue weighted by Crippen LogP contribution is -2.47. The van der Waals surface area contributed by atoms with Crippen LogP contribution in [0.15, 0.2) is 24.3 Å². The van der Waals surface area contributed by atoms with Crippen LogP contribution in [-0.4, -0.2) is 43.5 Å². The average Bonchev–Trinajstić information content (AvgIpc) is 2.39. The number of benzene rings is 1. The summed E-state index contributed by atoms with van der Waals surface area (Å²) in [6, 6.07) is 8.14. The zero-order valence-electron chi connectivity index (χ0n) is 10.9. The molecule has 0 unspecified atom stereocenters. The average molecular weight is 247 g/mol. The molecule has 0 radical (unpaired) electrons. The third kappa shape index (κ3) is 3.82. The molecule has 1 fully saturated rings. The van der Waals surface area contributed by atoms with Gasteiger partial charge in [0.25, 0.3) is 0 Å². The molecule has 2 N–H and O–H groups in total. The zero-order valence-corrected chi connectivity index (χ0v) is 10.9. The molecule has 98 valence electrons. The van der Waals surface area contributed by atoms with E-state index in [9.17, 15) is 4.79 Å². The van der Waals surface area contributed by atoms with Crippen molar-refractivity contribution in [2.45, 2.75) is 13.5 Å². The Labute approximate surface area is 108 Å². The molecule has 1 amide bonds. The van der Waals surface area contributed by atoms with Crippen LogP contribution < -0.4 is 10.6 Å². The van der Waals surface area contributed by atoms with Gasteiger partial charge < -0.3 is 10.6 Å². The number of carbonyl (C=O) groups excluding carboxylic acids is 1. The van der Waals surface area contributed by atoms with Crippen molar-refractivity contribution >= 4 is 5.91 Å². The van der Waals surface area contributed by atoms with Crippen molar-refractivity contribution in [1.29, 1.82) is 0 Å². The maximum Gasteiger partial charge on any atom is 0.234 e. The molecular formula is C14H21N3O. The molecule has 4 heteroatoms. The molecule has 1 aliphatic rings. The van der Waals surface area contributed by atoms with Crippen LogP contribution in [0.4, 0.5) is 0 Å². The maximum atomic E-state index is 11.8. The van der Waals surface area contributed by atoms with E-state index in [2.05, 4.69) is 34.6 Å². The van der Waals surface area contributed by atoms with E-state index in [1.165, 1.54) is 11.1 Å². The molecule has 4 nitrogen and oxygen atoms in total. The Morgan fingerprint density at radius 2 is 2.06 bits per heavy atom. The van der Waals surface area contributed by atoms with Gasteiger partial charge in [-0.15, -0.1) is 0 Å². The molecule has 1 aromatic carbocycles. The van der Waals surface area contributed by atoms with Gasteiger partial charge in [-0.2, -0.15) is 0 Å². The molecule has 2 rings (SSSR count). The molecule has 0 atom stereocenters. The standard InChI is InChI=1S/C14H21N3O/c1-12-4-2-3-5-13(12)10-16-14(18)11-17-8-6-15-7-9-17/h2-5,15H,6-11H2,1H3,(H,16,18). The summed E-state index contributed by atoms with van der Waals surface area (Å²) in [7, 11) is 0. The number of piperazine rings is 1. The predicted octanol–water partition coefficient (Wildman–Crippen LogP) is 0.516. The molecule has 0 aliphatic carbocycles. The topological polar surface area (TPSA) is 44.4 Å². The highest BCUT2D eigenvalue weighted by molar-refractivity contribution is 5.78. The van der Waals surface area contributed by atoms with E-state index in [0.717, 1.165) is 26.2 Å². The van der Waals surface area contributed by atoms with E-state index in [-0.39, 0.29) is 5.91 Å². The summed E-state index contributed by atoms with van der Waals surface area (Å²) in [6.07, 6.45) is 0. The van der Waals surface area contributed by atoms with Crippen molar-refractivity contribution in [3.05, 3.63) is 35.4 Å². The summed E-state index contributed by atoms with van der Waals surface area (Å²) in [5.74, 6) is 0.111. The van der Waals surface area contributed by atoms with Crippen molar-refractivity contribution in [2.75, 3.05) is 32.7 Å². The van der Waals surface area contributed by atoms with E-state index >= 15 is 0 Å². The minimum absolute atomic E-state index is 0.111. The van der Waals surface area contributed by atoms with E-state index < -0.39 is 0 Å². The number of nitrogens with one attached hydrogen (secondary N) is 2. The number of hydrogen-bond acceptors (Lipinski definition) is 3. The number of carbonyl (C=O) groups is 1. The molecule has 18 heavy (non-hydrogen) atoms. The monoisotopic (exact) mass is 247 g/mol. The summed E-state index contributed by atoms with van der Waals surface area (Å²) in [5.41, 5.74) is 2.41. The minimum atomic E-state index is 0.111. The van der Waals surface area contributed by atoms with Crippen molar-refractivity contribution in [3.63, 3.8) is 0 Å². The smallest absolute Gasteiger partial charge is 0.234 e. The zero-order chi connectivity index (χ0) is 12.8. The van der Waals surface area contributed by atoms with Gasteiger partial charge in [0.2, 0.25) is 5.91 Å². The molecule has 1 heterocycles. The Morgan fingerprint density at radius 1 is 1.33 bits per heavy atom. The summed E-state index contributed by atoms with van der Waals surface area (Å²) < 4.78 is 0. The first kappa shape index (κ1) is 13.1. The van der Waals surface area contributed by atoms with E-state index in [4.69, 9.17) is 0 Å². The maximum absolute atomic E-state index is 11.8. The van der Waals surface area contributed by atoms with Crippen LogP contribution in [0.2, 0.25) is 0 Å². The lowest BCUT2D eigenvalue weighted by Gasteiger charge is -2.26. The number of aryl methyl sites for hydroxylation is 1. The predicted molar refractivity (Wildman–Crippen MR) is 72.3 cm³/mol. The highest BCUT2D eigenvalue weighted by Crippen LogP contribution is 2.05. The van der Waals surface area contributed by atoms with Gasteiger partial charge in [-0.25, -0.2) is 0 Å². The van der Waals surface area contributed by atoms with Gasteiger partial charge in [0.05, 0.1) is 6.54 Å². The van der Waals surface area contributed by atoms with Gasteiger partial charge in [-0.3, -0.25) is 9.69 Å². The van der Waals surface area contributed by atoms with Crippen LogP contribution >= 0.6 is 0 Å². The Morgan fingerprint density at radius 3 is 2.78 bits per heavy atom. The molecule has 0 bridgehead atoms. The van der Waals surface area contributed by atoms with Crippen molar-refractivity contribution < 1.29 is 4.79 Å². The summed E-state index contributed by atoms with van der Waals surface area (Å²) in [4.78, 5) is 14.0. The first-order valence-electron chi connectivity index (χ1n) is 6.50. The first-order valence-corrected chi connectivity index (χ1v) is 6.50. The van der Waals surface area contributed by atoms with Gasteiger partial charge in [0, 0.05) is 32.7 Å². The van der Waals surface area contributed by atoms with Crippen LogP contribution in [0.5, 0.6) is 0 Å². The second-order valence-corrected chi connectivity index (χ2v) is 4.73. The molecule has 1 aliphatic heterocycles. The molecule has 0 saturated carbocycles. The largest absolute Gasteiger partial charge is 0.351 e. The Bertz CT molecular complexity index is 400. The number of hydrogen-bond donors (Lipinski definition) is 2. The highest BCUT2D eigenvalue weighted by Gasteiger charge is 2.13. The van der Waals surface area contributed by atoms with Crippen LogP contribution in [0, 0.1) is 6.92 Å². The Kier molecular flexibility index (Phi) is 4.73. The number of rotatable bonds is 4. The molecule has 0 spiro atoms. The van der Waals surface area contributed by atoms with Crippen molar-refractivity contribution in [1.82, 2.24) is 15.5 Å². The van der Waals surface area contributed by atoms with Crippen LogP contribution in [-0.2, 0) is 11.3 Å². The lowest BCUT2D eigenvalue weighted by atomic mass is 10.1. The van der Waals surface area contributed by atoms with Gasteiger partial charge in [-0.05, 0) is 18.1 Å². The van der Waals surface area contributed by atoms with Gasteiger partial charge >= 0.3 is 0 Å². The Balaban J connectivity index is 1.76. The van der Waals surface area contributed by atoms with Crippen molar-refractivity contribution in [3.8, 4) is 0 Å². The van der Waals surface area contributed by atoms with Gasteiger partial charge in [-0.1, -0.05) is 24.3 Å². The Hall–Kier alpha value is -1.39. The van der Waals surface area contributed by atoms with Gasteiger partial charge in [0.1, 0.15) is 0 Å². The summed E-state index contributed by atoms with van der Waals surface area (Å²) in [6.45, 7) is 7.06. The fourth-order valence-corrected chi connectivity index (χ4v) is 2.13. The van der Waals surface area contributed by atoms with E-state index in [0.29, 0.717) is 13.1 Å². The summed E-state index contributed by atoms with van der Waals surface area (Å²) in [5, 5.41) is 6.27. The number of amides is 1. The second kappa shape index (κ2) is 6.52. The van der Waals surface area contributed by atoms with E-state index in [1.807, 2.05) is 12.1 Å². The first-order chi connectivity index (χ1) is 8.75. The third-order valence-electron chi connectivity index (χ3n) is 3.31. The number of nitrogens with zero attached hydrogens (tertiary/aromatic N) is 1. The molecular weight excluding hydrogens is 226 g/mol. The highest BCUT2D eigenvalue weighted by atomic mass is 16.2. The molecule has 0 aromatic heterocycles. The van der Waals surface area contributed by atoms with Crippen molar-refractivity contribution in [2.24, 2.45) is 0 Å². The lowest BCUT2D eigenvalue weighted by molar-refractivity contribution is -0.122. The normalized spacial score (nSPS) is 16.5. The minimum Gasteiger partial charge on any atom is -0.351 e. The molecule has 1 aromatic rings. The van der Waals surface area contributed by atoms with Gasteiger partial charge in [0.15, 0.2) is 0 Å².